The Morgan fingerprint density at radius 2 is 1.92 bits per heavy atom. The number of likely N-dealkylation sites (tertiary alicyclic amines) is 1. The standard InChI is InChI=1S/C20H30N2O4/c1-14(24)21-11-18-16(13-23)10-17(19(25)26-20(2,3)4)22(18)12-15-8-6-5-7-9-15/h5-9,16-18,23H,10-13H2,1-4H3,(H,21,24)/t16-,17+,18-/m0/s1. The number of hydrogen-bond donors (Lipinski definition) is 2. The van der Waals surface area contributed by atoms with Gasteiger partial charge in [-0.05, 0) is 32.8 Å². The van der Waals surface area contributed by atoms with E-state index in [1.807, 2.05) is 51.1 Å². The van der Waals surface area contributed by atoms with Gasteiger partial charge in [0.2, 0.25) is 5.91 Å². The third-order valence-electron chi connectivity index (χ3n) is 4.58. The first-order chi connectivity index (χ1) is 12.2. The van der Waals surface area contributed by atoms with Crippen LogP contribution in [0.5, 0.6) is 0 Å². The lowest BCUT2D eigenvalue weighted by atomic mass is 9.99. The monoisotopic (exact) mass is 362 g/mol. The molecular weight excluding hydrogens is 332 g/mol. The van der Waals surface area contributed by atoms with Gasteiger partial charge in [-0.1, -0.05) is 30.3 Å². The molecule has 0 aliphatic carbocycles. The SMILES string of the molecule is CC(=O)NC[C@H]1[C@H](CO)C[C@H](C(=O)OC(C)(C)C)N1Cc1ccccc1. The molecule has 6 nitrogen and oxygen atoms in total. The predicted octanol–water partition coefficient (Wildman–Crippen LogP) is 1.72. The van der Waals surface area contributed by atoms with Crippen molar-refractivity contribution in [1.82, 2.24) is 10.2 Å². The van der Waals surface area contributed by atoms with Crippen LogP contribution in [0.2, 0.25) is 0 Å². The average Bonchev–Trinajstić information content (AvgIpc) is 2.90. The second kappa shape index (κ2) is 8.64. The van der Waals surface area contributed by atoms with Crippen LogP contribution < -0.4 is 5.32 Å². The smallest absolute Gasteiger partial charge is 0.323 e. The quantitative estimate of drug-likeness (QED) is 0.754. The molecule has 144 valence electrons. The van der Waals surface area contributed by atoms with Crippen molar-refractivity contribution in [1.29, 1.82) is 0 Å². The van der Waals surface area contributed by atoms with Gasteiger partial charge in [0.05, 0.1) is 0 Å². The average molecular weight is 362 g/mol. The third kappa shape index (κ3) is 5.54. The second-order valence-electron chi connectivity index (χ2n) is 7.89. The number of hydrogen-bond acceptors (Lipinski definition) is 5. The highest BCUT2D eigenvalue weighted by Gasteiger charge is 2.45. The van der Waals surface area contributed by atoms with Gasteiger partial charge in [-0.25, -0.2) is 0 Å². The van der Waals surface area contributed by atoms with Crippen molar-refractivity contribution < 1.29 is 19.4 Å². The summed E-state index contributed by atoms with van der Waals surface area (Å²) in [5.41, 5.74) is 0.507. The number of benzene rings is 1. The highest BCUT2D eigenvalue weighted by Crippen LogP contribution is 2.32. The fourth-order valence-electron chi connectivity index (χ4n) is 3.43. The van der Waals surface area contributed by atoms with E-state index in [0.717, 1.165) is 5.56 Å². The molecule has 1 aromatic carbocycles. The van der Waals surface area contributed by atoms with E-state index in [1.54, 1.807) is 0 Å². The molecule has 1 amide bonds. The molecule has 1 aromatic rings. The molecule has 6 heteroatoms. The van der Waals surface area contributed by atoms with Gasteiger partial charge in [-0.3, -0.25) is 14.5 Å². The molecular formula is C20H30N2O4. The van der Waals surface area contributed by atoms with Crippen LogP contribution in [0.15, 0.2) is 30.3 Å². The normalized spacial score (nSPS) is 23.7. The van der Waals surface area contributed by atoms with Gasteiger partial charge in [0.1, 0.15) is 11.6 Å². The molecule has 0 spiro atoms. The van der Waals surface area contributed by atoms with Crippen molar-refractivity contribution in [3.63, 3.8) is 0 Å². The van der Waals surface area contributed by atoms with Crippen LogP contribution in [0, 0.1) is 5.92 Å². The van der Waals surface area contributed by atoms with Crippen molar-refractivity contribution in [2.45, 2.75) is 58.3 Å². The Morgan fingerprint density at radius 3 is 2.46 bits per heavy atom. The van der Waals surface area contributed by atoms with Gasteiger partial charge in [0, 0.05) is 38.6 Å². The number of nitrogens with one attached hydrogen (secondary N) is 1. The summed E-state index contributed by atoms with van der Waals surface area (Å²) in [4.78, 5) is 26.2. The van der Waals surface area contributed by atoms with Crippen LogP contribution in [0.25, 0.3) is 0 Å². The maximum atomic E-state index is 12.8. The third-order valence-corrected chi connectivity index (χ3v) is 4.58. The van der Waals surface area contributed by atoms with Gasteiger partial charge in [-0.15, -0.1) is 0 Å². The summed E-state index contributed by atoms with van der Waals surface area (Å²) in [6.45, 7) is 7.93. The van der Waals surface area contributed by atoms with Crippen molar-refractivity contribution >= 4 is 11.9 Å². The van der Waals surface area contributed by atoms with Gasteiger partial charge >= 0.3 is 5.97 Å². The number of rotatable bonds is 6. The van der Waals surface area contributed by atoms with Crippen LogP contribution in [-0.4, -0.2) is 52.7 Å². The van der Waals surface area contributed by atoms with Crippen LogP contribution in [0.1, 0.15) is 39.7 Å². The molecule has 0 saturated carbocycles. The largest absolute Gasteiger partial charge is 0.459 e. The highest BCUT2D eigenvalue weighted by atomic mass is 16.6. The van der Waals surface area contributed by atoms with Crippen molar-refractivity contribution in [2.24, 2.45) is 5.92 Å². The predicted molar refractivity (Wildman–Crippen MR) is 99.3 cm³/mol. The lowest BCUT2D eigenvalue weighted by Crippen LogP contribution is -2.48. The maximum absolute atomic E-state index is 12.8. The van der Waals surface area contributed by atoms with E-state index in [9.17, 15) is 14.7 Å². The number of aliphatic hydroxyl groups excluding tert-OH is 1. The van der Waals surface area contributed by atoms with E-state index in [0.29, 0.717) is 19.5 Å². The number of carbonyl (C=O) groups is 2. The Kier molecular flexibility index (Phi) is 6.78. The van der Waals surface area contributed by atoms with Gasteiger partial charge in [-0.2, -0.15) is 0 Å². The summed E-state index contributed by atoms with van der Waals surface area (Å²) in [5.74, 6) is -0.498. The van der Waals surface area contributed by atoms with Crippen LogP contribution in [0.3, 0.4) is 0 Å². The maximum Gasteiger partial charge on any atom is 0.323 e. The zero-order chi connectivity index (χ0) is 19.3. The minimum absolute atomic E-state index is 0.0329. The van der Waals surface area contributed by atoms with E-state index in [1.165, 1.54) is 6.92 Å². The van der Waals surface area contributed by atoms with Crippen LogP contribution >= 0.6 is 0 Å². The lowest BCUT2D eigenvalue weighted by molar-refractivity contribution is -0.161. The summed E-state index contributed by atoms with van der Waals surface area (Å²) in [7, 11) is 0. The second-order valence-corrected chi connectivity index (χ2v) is 7.89. The van der Waals surface area contributed by atoms with Gasteiger partial charge in [0.25, 0.3) is 0 Å². The fourth-order valence-corrected chi connectivity index (χ4v) is 3.43. The molecule has 0 unspecified atom stereocenters. The molecule has 0 radical (unpaired) electrons. The van der Waals surface area contributed by atoms with E-state index in [-0.39, 0.29) is 30.4 Å². The van der Waals surface area contributed by atoms with Crippen molar-refractivity contribution in [3.05, 3.63) is 35.9 Å². The molecule has 0 bridgehead atoms. The Bertz CT molecular complexity index is 612. The van der Waals surface area contributed by atoms with Gasteiger partial charge in [0.15, 0.2) is 0 Å². The fraction of sp³-hybridized carbons (Fsp3) is 0.600. The van der Waals surface area contributed by atoms with Crippen molar-refractivity contribution in [3.8, 4) is 0 Å². The summed E-state index contributed by atoms with van der Waals surface area (Å²) in [5, 5.41) is 12.7. The molecule has 2 N–H and O–H groups in total. The topological polar surface area (TPSA) is 78.9 Å². The molecule has 1 aliphatic rings. The number of amides is 1. The molecule has 1 fully saturated rings. The number of nitrogens with zero attached hydrogens (tertiary/aromatic N) is 1. The van der Waals surface area contributed by atoms with Crippen molar-refractivity contribution in [2.75, 3.05) is 13.2 Å². The number of esters is 1. The first-order valence-corrected chi connectivity index (χ1v) is 9.09. The Labute approximate surface area is 155 Å². The van der Waals surface area contributed by atoms with Crippen LogP contribution in [0.4, 0.5) is 0 Å². The Morgan fingerprint density at radius 1 is 1.27 bits per heavy atom. The molecule has 3 atom stereocenters. The van der Waals surface area contributed by atoms with E-state index >= 15 is 0 Å². The summed E-state index contributed by atoms with van der Waals surface area (Å²) < 4.78 is 5.61. The lowest BCUT2D eigenvalue weighted by Gasteiger charge is -2.32. The van der Waals surface area contributed by atoms with Gasteiger partial charge < -0.3 is 15.2 Å². The number of ether oxygens (including phenoxy) is 1. The number of carbonyl (C=O) groups excluding carboxylic acids is 2. The molecule has 1 heterocycles. The summed E-state index contributed by atoms with van der Waals surface area (Å²) >= 11 is 0. The first-order valence-electron chi connectivity index (χ1n) is 9.09. The molecule has 2 rings (SSSR count). The van der Waals surface area contributed by atoms with E-state index in [2.05, 4.69) is 10.2 Å². The summed E-state index contributed by atoms with van der Waals surface area (Å²) in [6, 6.07) is 9.32. The zero-order valence-corrected chi connectivity index (χ0v) is 16.1. The van der Waals surface area contributed by atoms with Crippen LogP contribution in [-0.2, 0) is 20.9 Å². The minimum atomic E-state index is -0.570. The van der Waals surface area contributed by atoms with E-state index in [4.69, 9.17) is 4.74 Å². The zero-order valence-electron chi connectivity index (χ0n) is 16.1. The summed E-state index contributed by atoms with van der Waals surface area (Å²) in [6.07, 6.45) is 0.516. The molecule has 1 aliphatic heterocycles. The van der Waals surface area contributed by atoms with E-state index < -0.39 is 11.6 Å². The molecule has 26 heavy (non-hydrogen) atoms. The first kappa shape index (κ1) is 20.4. The Hall–Kier alpha value is -1.92. The molecule has 1 saturated heterocycles. The Balaban J connectivity index is 2.25. The number of aliphatic hydroxyl groups is 1. The molecule has 0 aromatic heterocycles. The minimum Gasteiger partial charge on any atom is -0.459 e. The highest BCUT2D eigenvalue weighted by molar-refractivity contribution is 5.77.